The van der Waals surface area contributed by atoms with Gasteiger partial charge in [0.15, 0.2) is 0 Å². The van der Waals surface area contributed by atoms with Gasteiger partial charge in [-0.3, -0.25) is 9.69 Å². The molecule has 0 amide bonds. The Balaban J connectivity index is 1.41. The number of ketones is 1. The average Bonchev–Trinajstić information content (AvgIpc) is 2.83. The van der Waals surface area contributed by atoms with Crippen molar-refractivity contribution in [1.82, 2.24) is 4.90 Å². The molecule has 136 valence electrons. The highest BCUT2D eigenvalue weighted by atomic mass is 19.1. The minimum atomic E-state index is -0.620. The summed E-state index contributed by atoms with van der Waals surface area (Å²) in [6.45, 7) is 0.937. The van der Waals surface area contributed by atoms with Gasteiger partial charge in [0.05, 0.1) is 0 Å². The Bertz CT molecular complexity index is 758. The third-order valence-electron chi connectivity index (χ3n) is 5.85. The van der Waals surface area contributed by atoms with Crippen molar-refractivity contribution < 1.29 is 13.6 Å². The molecule has 2 nitrogen and oxygen atoms in total. The highest BCUT2D eigenvalue weighted by Crippen LogP contribution is 2.40. The van der Waals surface area contributed by atoms with Crippen LogP contribution in [0.5, 0.6) is 0 Å². The largest absolute Gasteiger partial charge is 0.299 e. The van der Waals surface area contributed by atoms with E-state index in [0.717, 1.165) is 38.3 Å². The minimum absolute atomic E-state index is 0.00542. The van der Waals surface area contributed by atoms with Crippen molar-refractivity contribution in [2.24, 2.45) is 5.92 Å². The lowest BCUT2D eigenvalue weighted by Crippen LogP contribution is -2.44. The zero-order valence-corrected chi connectivity index (χ0v) is 14.7. The summed E-state index contributed by atoms with van der Waals surface area (Å²) >= 11 is 0. The number of Topliss-reactive ketones (excluding diaryl/α,β-unsaturated/α-hetero) is 1. The van der Waals surface area contributed by atoms with E-state index in [0.29, 0.717) is 17.6 Å². The first-order chi connectivity index (χ1) is 12.6. The molecule has 0 aliphatic carbocycles. The Morgan fingerprint density at radius 1 is 0.923 bits per heavy atom. The number of hydrogen-bond donors (Lipinski definition) is 0. The van der Waals surface area contributed by atoms with Gasteiger partial charge in [-0.05, 0) is 48.9 Å². The summed E-state index contributed by atoms with van der Waals surface area (Å²) < 4.78 is 26.7. The Morgan fingerprint density at radius 2 is 1.54 bits per heavy atom. The van der Waals surface area contributed by atoms with Crippen LogP contribution >= 0.6 is 0 Å². The highest BCUT2D eigenvalue weighted by molar-refractivity contribution is 5.83. The summed E-state index contributed by atoms with van der Waals surface area (Å²) in [5.74, 6) is -1.12. The van der Waals surface area contributed by atoms with Crippen molar-refractivity contribution in [3.05, 3.63) is 71.3 Å². The van der Waals surface area contributed by atoms with Gasteiger partial charge in [0, 0.05) is 37.0 Å². The van der Waals surface area contributed by atoms with E-state index in [1.165, 1.54) is 17.7 Å². The van der Waals surface area contributed by atoms with Crippen LogP contribution in [-0.4, -0.2) is 22.8 Å². The van der Waals surface area contributed by atoms with Crippen LogP contribution in [0.3, 0.4) is 0 Å². The lowest BCUT2D eigenvalue weighted by atomic mass is 9.85. The van der Waals surface area contributed by atoms with Crippen molar-refractivity contribution in [2.75, 3.05) is 0 Å². The van der Waals surface area contributed by atoms with E-state index >= 15 is 0 Å². The van der Waals surface area contributed by atoms with Gasteiger partial charge in [-0.25, -0.2) is 8.78 Å². The summed E-state index contributed by atoms with van der Waals surface area (Å²) in [7, 11) is 0. The van der Waals surface area contributed by atoms with Gasteiger partial charge in [0.1, 0.15) is 17.4 Å². The third kappa shape index (κ3) is 3.70. The molecule has 2 saturated heterocycles. The predicted octanol–water partition coefficient (Wildman–Crippen LogP) is 4.52. The molecule has 0 saturated carbocycles. The molecule has 2 bridgehead atoms. The predicted molar refractivity (Wildman–Crippen MR) is 96.6 cm³/mol. The second-order valence-corrected chi connectivity index (χ2v) is 7.63. The van der Waals surface area contributed by atoms with Crippen LogP contribution in [-0.2, 0) is 17.8 Å². The third-order valence-corrected chi connectivity index (χ3v) is 5.85. The molecule has 0 radical (unpaired) electrons. The quantitative estimate of drug-likeness (QED) is 0.786. The number of carbonyl (C=O) groups is 1. The van der Waals surface area contributed by atoms with Crippen molar-refractivity contribution >= 4 is 5.78 Å². The monoisotopic (exact) mass is 355 g/mol. The van der Waals surface area contributed by atoms with E-state index in [4.69, 9.17) is 0 Å². The lowest BCUT2D eigenvalue weighted by Gasteiger charge is -2.38. The lowest BCUT2D eigenvalue weighted by molar-refractivity contribution is -0.124. The second-order valence-electron chi connectivity index (χ2n) is 7.63. The molecule has 4 heteroatoms. The van der Waals surface area contributed by atoms with Crippen LogP contribution in [0.2, 0.25) is 0 Å². The van der Waals surface area contributed by atoms with Gasteiger partial charge in [-0.15, -0.1) is 0 Å². The van der Waals surface area contributed by atoms with Gasteiger partial charge in [0.2, 0.25) is 0 Å². The Morgan fingerprint density at radius 3 is 2.15 bits per heavy atom. The number of halogens is 2. The molecular formula is C22H23F2NO. The summed E-state index contributed by atoms with van der Waals surface area (Å²) in [6.07, 6.45) is 4.11. The topological polar surface area (TPSA) is 20.3 Å². The molecular weight excluding hydrogens is 332 g/mol. The van der Waals surface area contributed by atoms with Crippen molar-refractivity contribution in [1.29, 1.82) is 0 Å². The molecule has 4 rings (SSSR count). The number of benzene rings is 2. The van der Waals surface area contributed by atoms with Crippen LogP contribution in [0.25, 0.3) is 0 Å². The first-order valence-electron chi connectivity index (χ1n) is 9.36. The Hall–Kier alpha value is -2.07. The van der Waals surface area contributed by atoms with Gasteiger partial charge in [-0.1, -0.05) is 30.3 Å². The molecule has 26 heavy (non-hydrogen) atoms. The van der Waals surface area contributed by atoms with Crippen LogP contribution in [0.4, 0.5) is 8.78 Å². The summed E-state index contributed by atoms with van der Waals surface area (Å²) in [5, 5.41) is 0. The van der Waals surface area contributed by atoms with Crippen LogP contribution < -0.4 is 0 Å². The summed E-state index contributed by atoms with van der Waals surface area (Å²) in [4.78, 5) is 15.3. The molecule has 0 aromatic heterocycles. The first-order valence-corrected chi connectivity index (χ1v) is 9.36. The van der Waals surface area contributed by atoms with Crippen molar-refractivity contribution in [3.8, 4) is 0 Å². The normalized spacial score (nSPS) is 25.4. The fourth-order valence-corrected chi connectivity index (χ4v) is 4.65. The molecule has 2 aliphatic rings. The number of carbonyl (C=O) groups excluding carboxylic acids is 1. The molecule has 2 heterocycles. The maximum Gasteiger partial charge on any atom is 0.140 e. The zero-order valence-electron chi connectivity index (χ0n) is 14.7. The van der Waals surface area contributed by atoms with E-state index in [-0.39, 0.29) is 18.1 Å². The van der Waals surface area contributed by atoms with Crippen LogP contribution in [0.1, 0.15) is 36.8 Å². The molecule has 2 atom stereocenters. The molecule has 0 N–H and O–H groups in total. The number of nitrogens with zero attached hydrogens (tertiary/aromatic N) is 1. The second kappa shape index (κ2) is 7.28. The highest BCUT2D eigenvalue weighted by Gasteiger charge is 2.42. The molecule has 0 spiro atoms. The number of piperidine rings is 1. The number of fused-ring (bicyclic) bond motifs is 2. The molecule has 2 aliphatic heterocycles. The number of rotatable bonds is 5. The average molecular weight is 355 g/mol. The van der Waals surface area contributed by atoms with Gasteiger partial charge in [-0.2, -0.15) is 0 Å². The van der Waals surface area contributed by atoms with Crippen molar-refractivity contribution in [2.45, 2.75) is 50.7 Å². The van der Waals surface area contributed by atoms with E-state index in [1.54, 1.807) is 0 Å². The summed E-state index contributed by atoms with van der Waals surface area (Å²) in [5.41, 5.74) is 1.75. The molecule has 2 aromatic rings. The van der Waals surface area contributed by atoms with Gasteiger partial charge < -0.3 is 0 Å². The molecule has 2 fully saturated rings. The first kappa shape index (κ1) is 17.3. The van der Waals surface area contributed by atoms with Gasteiger partial charge in [0.25, 0.3) is 0 Å². The van der Waals surface area contributed by atoms with E-state index < -0.39 is 11.6 Å². The van der Waals surface area contributed by atoms with Crippen LogP contribution in [0.15, 0.2) is 48.5 Å². The molecule has 2 unspecified atom stereocenters. The maximum atomic E-state index is 13.4. The molecule has 2 aromatic carbocycles. The summed E-state index contributed by atoms with van der Waals surface area (Å²) in [6, 6.07) is 14.7. The fraction of sp³-hybridized carbons (Fsp3) is 0.409. The van der Waals surface area contributed by atoms with Gasteiger partial charge >= 0.3 is 0 Å². The smallest absolute Gasteiger partial charge is 0.140 e. The minimum Gasteiger partial charge on any atom is -0.299 e. The van der Waals surface area contributed by atoms with E-state index in [9.17, 15) is 13.6 Å². The van der Waals surface area contributed by atoms with E-state index in [2.05, 4.69) is 29.2 Å². The standard InChI is InChI=1S/C22H23F2NO/c23-18-8-16(9-19(24)13-18)10-22(26)17-11-20-6-7-21(12-17)25(20)14-15-4-2-1-3-5-15/h1-5,8-9,13,17,20-21H,6-7,10-12,14H2. The Labute approximate surface area is 152 Å². The SMILES string of the molecule is O=C(Cc1cc(F)cc(F)c1)C1CC2CCC(C1)N2Cc1ccccc1. The maximum absolute atomic E-state index is 13.4. The fourth-order valence-electron chi connectivity index (χ4n) is 4.65. The number of hydrogen-bond acceptors (Lipinski definition) is 2. The zero-order chi connectivity index (χ0) is 18.1. The van der Waals surface area contributed by atoms with E-state index in [1.807, 2.05) is 6.07 Å². The van der Waals surface area contributed by atoms with Crippen molar-refractivity contribution in [3.63, 3.8) is 0 Å². The van der Waals surface area contributed by atoms with Crippen LogP contribution in [0, 0.1) is 17.6 Å². The Kier molecular flexibility index (Phi) is 4.86.